The zero-order chi connectivity index (χ0) is 20.5. The van der Waals surface area contributed by atoms with Gasteiger partial charge in [0.2, 0.25) is 5.89 Å². The van der Waals surface area contributed by atoms with Crippen LogP contribution in [0.2, 0.25) is 0 Å². The number of aryl methyl sites for hydroxylation is 1. The summed E-state index contributed by atoms with van der Waals surface area (Å²) < 4.78 is 11.7. The average Bonchev–Trinajstić information content (AvgIpc) is 3.44. The number of hydrogen-bond acceptors (Lipinski definition) is 5. The number of fused-ring (bicyclic) bond motifs is 1. The van der Waals surface area contributed by atoms with Crippen molar-refractivity contribution >= 4 is 10.8 Å². The Morgan fingerprint density at radius 3 is 2.47 bits per heavy atom. The smallest absolute Gasteiger partial charge is 0.227 e. The summed E-state index contributed by atoms with van der Waals surface area (Å²) in [5.41, 5.74) is 2.08. The second-order valence-corrected chi connectivity index (χ2v) is 8.63. The minimum absolute atomic E-state index is 0.700. The van der Waals surface area contributed by atoms with E-state index in [0.717, 1.165) is 59.2 Å². The summed E-state index contributed by atoms with van der Waals surface area (Å²) in [5.74, 6) is 2.49. The van der Waals surface area contributed by atoms with Crippen LogP contribution < -0.4 is 4.74 Å². The minimum atomic E-state index is 0.700. The van der Waals surface area contributed by atoms with Gasteiger partial charge in [0.05, 0.1) is 12.8 Å². The highest BCUT2D eigenvalue weighted by Gasteiger charge is 2.27. The van der Waals surface area contributed by atoms with E-state index in [1.54, 1.807) is 7.11 Å². The van der Waals surface area contributed by atoms with Crippen LogP contribution in [0.1, 0.15) is 37.1 Å². The Hall–Kier alpha value is -2.37. The van der Waals surface area contributed by atoms with Crippen LogP contribution >= 0.6 is 0 Å². The van der Waals surface area contributed by atoms with Crippen molar-refractivity contribution in [2.24, 2.45) is 0 Å². The lowest BCUT2D eigenvalue weighted by Crippen LogP contribution is -2.49. The number of oxazole rings is 1. The van der Waals surface area contributed by atoms with Crippen molar-refractivity contribution in [3.63, 3.8) is 0 Å². The largest absolute Gasteiger partial charge is 0.496 e. The number of hydrogen-bond donors (Lipinski definition) is 0. The first-order valence-corrected chi connectivity index (χ1v) is 11.2. The Morgan fingerprint density at radius 1 is 1.00 bits per heavy atom. The third-order valence-corrected chi connectivity index (χ3v) is 6.85. The average molecular weight is 406 g/mol. The van der Waals surface area contributed by atoms with Gasteiger partial charge in [-0.15, -0.1) is 0 Å². The molecule has 1 aliphatic carbocycles. The summed E-state index contributed by atoms with van der Waals surface area (Å²) in [7, 11) is 1.71. The number of benzene rings is 2. The molecule has 0 unspecified atom stereocenters. The molecule has 2 aromatic carbocycles. The number of aromatic nitrogens is 1. The topological polar surface area (TPSA) is 41.7 Å². The van der Waals surface area contributed by atoms with E-state index in [0.29, 0.717) is 5.89 Å². The van der Waals surface area contributed by atoms with E-state index in [9.17, 15) is 0 Å². The van der Waals surface area contributed by atoms with Crippen molar-refractivity contribution in [1.82, 2.24) is 14.8 Å². The maximum Gasteiger partial charge on any atom is 0.227 e. The van der Waals surface area contributed by atoms with E-state index >= 15 is 0 Å². The molecule has 5 heteroatoms. The SMILES string of the molecule is COc1ccc(-c2nc(CN3CCN(C4CCCC4)CC3)c(C)o2)c2ccccc12. The molecule has 3 aromatic rings. The molecule has 2 aliphatic rings. The molecule has 2 heterocycles. The predicted octanol–water partition coefficient (Wildman–Crippen LogP) is 4.87. The van der Waals surface area contributed by atoms with Gasteiger partial charge in [-0.25, -0.2) is 4.98 Å². The van der Waals surface area contributed by atoms with Crippen molar-refractivity contribution < 1.29 is 9.15 Å². The van der Waals surface area contributed by atoms with Crippen LogP contribution in [-0.2, 0) is 6.54 Å². The first-order valence-electron chi connectivity index (χ1n) is 11.2. The molecule has 0 radical (unpaired) electrons. The number of rotatable bonds is 5. The van der Waals surface area contributed by atoms with Crippen LogP contribution in [0.5, 0.6) is 5.75 Å². The molecule has 158 valence electrons. The molecule has 0 atom stereocenters. The van der Waals surface area contributed by atoms with Gasteiger partial charge in [-0.2, -0.15) is 0 Å². The number of ether oxygens (including phenoxy) is 1. The molecule has 0 spiro atoms. The molecule has 1 saturated heterocycles. The molecule has 0 amide bonds. The van der Waals surface area contributed by atoms with Crippen LogP contribution in [-0.4, -0.2) is 54.1 Å². The first kappa shape index (κ1) is 19.6. The molecule has 0 bridgehead atoms. The summed E-state index contributed by atoms with van der Waals surface area (Å²) >= 11 is 0. The lowest BCUT2D eigenvalue weighted by molar-refractivity contribution is 0.0928. The molecule has 1 saturated carbocycles. The fourth-order valence-corrected chi connectivity index (χ4v) is 5.09. The molecule has 1 aromatic heterocycles. The van der Waals surface area contributed by atoms with Crippen LogP contribution in [0.4, 0.5) is 0 Å². The monoisotopic (exact) mass is 405 g/mol. The highest BCUT2D eigenvalue weighted by molar-refractivity contribution is 5.98. The van der Waals surface area contributed by atoms with Crippen LogP contribution in [0.25, 0.3) is 22.2 Å². The molecule has 30 heavy (non-hydrogen) atoms. The Bertz CT molecular complexity index is 1010. The summed E-state index contributed by atoms with van der Waals surface area (Å²) in [4.78, 5) is 10.1. The van der Waals surface area contributed by atoms with E-state index in [1.165, 1.54) is 38.8 Å². The van der Waals surface area contributed by atoms with Gasteiger partial charge in [0.15, 0.2) is 0 Å². The number of piperazine rings is 1. The second-order valence-electron chi connectivity index (χ2n) is 8.63. The zero-order valence-electron chi connectivity index (χ0n) is 18.1. The van der Waals surface area contributed by atoms with Gasteiger partial charge in [-0.05, 0) is 37.3 Å². The van der Waals surface area contributed by atoms with Crippen molar-refractivity contribution in [2.45, 2.75) is 45.2 Å². The second kappa shape index (κ2) is 8.40. The normalized spacial score (nSPS) is 19.0. The van der Waals surface area contributed by atoms with Crippen LogP contribution in [0.15, 0.2) is 40.8 Å². The van der Waals surface area contributed by atoms with Gasteiger partial charge in [0.25, 0.3) is 0 Å². The van der Waals surface area contributed by atoms with E-state index in [4.69, 9.17) is 14.1 Å². The molecular formula is C25H31N3O2. The van der Waals surface area contributed by atoms with Crippen molar-refractivity contribution in [3.8, 4) is 17.2 Å². The van der Waals surface area contributed by atoms with Gasteiger partial charge in [-0.1, -0.05) is 37.1 Å². The summed E-state index contributed by atoms with van der Waals surface area (Å²) in [6.45, 7) is 7.48. The van der Waals surface area contributed by atoms with E-state index in [-0.39, 0.29) is 0 Å². The summed E-state index contributed by atoms with van der Waals surface area (Å²) in [6, 6.07) is 13.1. The highest BCUT2D eigenvalue weighted by Crippen LogP contribution is 2.35. The predicted molar refractivity (Wildman–Crippen MR) is 120 cm³/mol. The molecular weight excluding hydrogens is 374 g/mol. The maximum atomic E-state index is 6.14. The summed E-state index contributed by atoms with van der Waals surface area (Å²) in [6.07, 6.45) is 5.60. The van der Waals surface area contributed by atoms with Crippen molar-refractivity contribution in [3.05, 3.63) is 47.9 Å². The third-order valence-electron chi connectivity index (χ3n) is 6.85. The Balaban J connectivity index is 1.33. The Kier molecular flexibility index (Phi) is 5.48. The third kappa shape index (κ3) is 3.72. The van der Waals surface area contributed by atoms with Crippen molar-refractivity contribution in [2.75, 3.05) is 33.3 Å². The van der Waals surface area contributed by atoms with Gasteiger partial charge < -0.3 is 9.15 Å². The standard InChI is InChI=1S/C25H31N3O2/c1-18-23(17-27-13-15-28(16-14-27)19-7-3-4-8-19)26-25(30-18)22-11-12-24(29-2)21-10-6-5-9-20(21)22/h5-6,9-12,19H,3-4,7-8,13-17H2,1-2H3. The van der Waals surface area contributed by atoms with Gasteiger partial charge in [0.1, 0.15) is 11.5 Å². The number of methoxy groups -OCH3 is 1. The fraction of sp³-hybridized carbons (Fsp3) is 0.480. The lowest BCUT2D eigenvalue weighted by atomic mass is 10.0. The van der Waals surface area contributed by atoms with Crippen molar-refractivity contribution in [1.29, 1.82) is 0 Å². The van der Waals surface area contributed by atoms with Crippen LogP contribution in [0.3, 0.4) is 0 Å². The highest BCUT2D eigenvalue weighted by atomic mass is 16.5. The van der Waals surface area contributed by atoms with Gasteiger partial charge in [0, 0.05) is 49.7 Å². The summed E-state index contributed by atoms with van der Waals surface area (Å²) in [5, 5.41) is 2.19. The minimum Gasteiger partial charge on any atom is -0.496 e. The van der Waals surface area contributed by atoms with Gasteiger partial charge >= 0.3 is 0 Å². The Morgan fingerprint density at radius 2 is 1.73 bits per heavy atom. The fourth-order valence-electron chi connectivity index (χ4n) is 5.09. The lowest BCUT2D eigenvalue weighted by Gasteiger charge is -2.37. The van der Waals surface area contributed by atoms with E-state index in [2.05, 4.69) is 28.0 Å². The van der Waals surface area contributed by atoms with E-state index < -0.39 is 0 Å². The molecule has 5 nitrogen and oxygen atoms in total. The molecule has 1 aliphatic heterocycles. The van der Waals surface area contributed by atoms with Crippen LogP contribution in [0, 0.1) is 6.92 Å². The molecule has 5 rings (SSSR count). The maximum absolute atomic E-state index is 6.14. The van der Waals surface area contributed by atoms with E-state index in [1.807, 2.05) is 25.1 Å². The zero-order valence-corrected chi connectivity index (χ0v) is 18.1. The quantitative estimate of drug-likeness (QED) is 0.606. The number of nitrogens with zero attached hydrogens (tertiary/aromatic N) is 3. The Labute approximate surface area is 178 Å². The molecule has 0 N–H and O–H groups in total. The first-order chi connectivity index (χ1) is 14.7. The van der Waals surface area contributed by atoms with Gasteiger partial charge in [-0.3, -0.25) is 9.80 Å². The molecule has 2 fully saturated rings.